The number of hydrogen-bond donors (Lipinski definition) is 2. The van der Waals surface area contributed by atoms with E-state index in [9.17, 15) is 14.3 Å². The van der Waals surface area contributed by atoms with Gasteiger partial charge in [0.05, 0.1) is 12.7 Å². The summed E-state index contributed by atoms with van der Waals surface area (Å²) in [6.07, 6.45) is -2.05. The topological polar surface area (TPSA) is 85.2 Å². The molecule has 18 heavy (non-hydrogen) atoms. The molecule has 0 aliphatic carbocycles. The first kappa shape index (κ1) is 12.4. The molecule has 0 radical (unpaired) electrons. The van der Waals surface area contributed by atoms with Gasteiger partial charge < -0.3 is 24.4 Å². The molecule has 1 heterocycles. The van der Waals surface area contributed by atoms with Gasteiger partial charge in [-0.25, -0.2) is 9.18 Å². The van der Waals surface area contributed by atoms with Crippen LogP contribution in [-0.4, -0.2) is 36.5 Å². The van der Waals surface area contributed by atoms with Crippen molar-refractivity contribution in [2.24, 2.45) is 0 Å². The van der Waals surface area contributed by atoms with Gasteiger partial charge in [0.1, 0.15) is 13.2 Å². The zero-order valence-electron chi connectivity index (χ0n) is 9.47. The predicted molar refractivity (Wildman–Crippen MR) is 56.5 cm³/mol. The number of hydrogen-bond acceptors (Lipinski definition) is 5. The Bertz CT molecular complexity index is 487. The van der Waals surface area contributed by atoms with Crippen molar-refractivity contribution < 1.29 is 33.6 Å². The Hall–Kier alpha value is -2.02. The molecule has 0 saturated heterocycles. The van der Waals surface area contributed by atoms with Gasteiger partial charge in [0.2, 0.25) is 0 Å². The van der Waals surface area contributed by atoms with E-state index in [-0.39, 0.29) is 30.5 Å². The van der Waals surface area contributed by atoms with Gasteiger partial charge in [-0.2, -0.15) is 0 Å². The van der Waals surface area contributed by atoms with Crippen molar-refractivity contribution in [3.8, 4) is 17.2 Å². The molecule has 0 amide bonds. The molecule has 0 fully saturated rings. The monoisotopic (exact) mass is 258 g/mol. The summed E-state index contributed by atoms with van der Waals surface area (Å²) < 4.78 is 29.1. The molecule has 0 spiro atoms. The van der Waals surface area contributed by atoms with Gasteiger partial charge in [0.15, 0.2) is 29.2 Å². The zero-order valence-corrected chi connectivity index (χ0v) is 9.47. The van der Waals surface area contributed by atoms with Crippen molar-refractivity contribution in [2.45, 2.75) is 6.10 Å². The van der Waals surface area contributed by atoms with Crippen LogP contribution in [0.2, 0.25) is 0 Å². The standard InChI is InChI=1S/C11H11FO6/c1-16-5-4-6-10(18-3-2-17-6)7(8(5)12)9(13)11(14)15/h4,9,13H,2-3H2,1H3,(H,14,15). The lowest BCUT2D eigenvalue weighted by Crippen LogP contribution is -2.21. The van der Waals surface area contributed by atoms with E-state index < -0.39 is 23.5 Å². The fourth-order valence-corrected chi connectivity index (χ4v) is 1.68. The van der Waals surface area contributed by atoms with Crippen LogP contribution in [0.5, 0.6) is 17.2 Å². The van der Waals surface area contributed by atoms with Crippen molar-refractivity contribution in [3.05, 3.63) is 17.4 Å². The molecule has 1 aromatic rings. The zero-order chi connectivity index (χ0) is 13.3. The summed E-state index contributed by atoms with van der Waals surface area (Å²) >= 11 is 0. The Morgan fingerprint density at radius 3 is 2.78 bits per heavy atom. The van der Waals surface area contributed by atoms with Crippen LogP contribution in [0, 0.1) is 5.82 Å². The van der Waals surface area contributed by atoms with E-state index in [1.807, 2.05) is 0 Å². The normalized spacial score (nSPS) is 15.1. The van der Waals surface area contributed by atoms with E-state index in [1.54, 1.807) is 0 Å². The van der Waals surface area contributed by atoms with Gasteiger partial charge in [-0.1, -0.05) is 0 Å². The highest BCUT2D eigenvalue weighted by atomic mass is 19.1. The van der Waals surface area contributed by atoms with Crippen LogP contribution in [0.1, 0.15) is 11.7 Å². The first-order valence-electron chi connectivity index (χ1n) is 5.13. The average molecular weight is 258 g/mol. The molecule has 0 aromatic heterocycles. The van der Waals surface area contributed by atoms with E-state index in [0.29, 0.717) is 0 Å². The van der Waals surface area contributed by atoms with Crippen LogP contribution in [0.4, 0.5) is 4.39 Å². The molecule has 0 bridgehead atoms. The third-order valence-electron chi connectivity index (χ3n) is 2.50. The fraction of sp³-hybridized carbons (Fsp3) is 0.364. The summed E-state index contributed by atoms with van der Waals surface area (Å²) in [7, 11) is 1.23. The Morgan fingerprint density at radius 1 is 1.50 bits per heavy atom. The molecular formula is C11H11FO6. The molecule has 1 aliphatic heterocycles. The van der Waals surface area contributed by atoms with Gasteiger partial charge in [0.25, 0.3) is 0 Å². The Labute approximate surface area is 102 Å². The summed E-state index contributed by atoms with van der Waals surface area (Å²) in [4.78, 5) is 10.8. The van der Waals surface area contributed by atoms with Gasteiger partial charge in [0, 0.05) is 6.07 Å². The lowest BCUT2D eigenvalue weighted by atomic mass is 10.1. The number of methoxy groups -OCH3 is 1. The number of carboxylic acids is 1. The quantitative estimate of drug-likeness (QED) is 0.831. The lowest BCUT2D eigenvalue weighted by Gasteiger charge is -2.23. The first-order chi connectivity index (χ1) is 8.56. The minimum Gasteiger partial charge on any atom is -0.494 e. The molecule has 2 rings (SSSR count). The third kappa shape index (κ3) is 1.92. The largest absolute Gasteiger partial charge is 0.494 e. The highest BCUT2D eigenvalue weighted by Crippen LogP contribution is 2.43. The Balaban J connectivity index is 2.63. The van der Waals surface area contributed by atoms with E-state index in [2.05, 4.69) is 0 Å². The predicted octanol–water partition coefficient (Wildman–Crippen LogP) is 0.724. The molecule has 1 atom stereocenters. The van der Waals surface area contributed by atoms with Crippen LogP contribution in [0.15, 0.2) is 6.07 Å². The molecule has 6 nitrogen and oxygen atoms in total. The molecule has 1 aromatic carbocycles. The van der Waals surface area contributed by atoms with Gasteiger partial charge >= 0.3 is 5.97 Å². The summed E-state index contributed by atoms with van der Waals surface area (Å²) in [6.45, 7) is 0.405. The molecule has 2 N–H and O–H groups in total. The van der Waals surface area contributed by atoms with Crippen molar-refractivity contribution >= 4 is 5.97 Å². The number of aliphatic carboxylic acids is 1. The number of fused-ring (bicyclic) bond motifs is 1. The molecule has 7 heteroatoms. The first-order valence-corrected chi connectivity index (χ1v) is 5.13. The molecule has 1 unspecified atom stereocenters. The van der Waals surface area contributed by atoms with E-state index in [1.165, 1.54) is 13.2 Å². The second kappa shape index (κ2) is 4.69. The summed E-state index contributed by atoms with van der Waals surface area (Å²) in [6, 6.07) is 1.25. The third-order valence-corrected chi connectivity index (χ3v) is 2.50. The van der Waals surface area contributed by atoms with Gasteiger partial charge in [-0.05, 0) is 0 Å². The SMILES string of the molecule is COc1cc2c(c(C(O)C(=O)O)c1F)OCCO2. The summed E-state index contributed by atoms with van der Waals surface area (Å²) in [5.41, 5.74) is -0.489. The maximum Gasteiger partial charge on any atom is 0.337 e. The molecule has 1 aliphatic rings. The number of ether oxygens (including phenoxy) is 3. The molecule has 0 saturated carbocycles. The van der Waals surface area contributed by atoms with Crippen LogP contribution < -0.4 is 14.2 Å². The highest BCUT2D eigenvalue weighted by molar-refractivity contribution is 5.76. The smallest absolute Gasteiger partial charge is 0.337 e. The summed E-state index contributed by atoms with van der Waals surface area (Å²) in [5, 5.41) is 18.3. The number of aliphatic hydroxyl groups excluding tert-OH is 1. The average Bonchev–Trinajstić information content (AvgIpc) is 2.37. The summed E-state index contributed by atoms with van der Waals surface area (Å²) in [5.74, 6) is -2.73. The second-order valence-corrected chi connectivity index (χ2v) is 3.57. The number of halogens is 1. The highest BCUT2D eigenvalue weighted by Gasteiger charge is 2.31. The van der Waals surface area contributed by atoms with Crippen LogP contribution in [0.25, 0.3) is 0 Å². The van der Waals surface area contributed by atoms with Crippen LogP contribution >= 0.6 is 0 Å². The number of carbonyl (C=O) groups is 1. The van der Waals surface area contributed by atoms with Crippen LogP contribution in [-0.2, 0) is 4.79 Å². The number of aliphatic hydroxyl groups is 1. The minimum atomic E-state index is -2.05. The number of carboxylic acid groups (broad SMARTS) is 1. The fourth-order valence-electron chi connectivity index (χ4n) is 1.68. The van der Waals surface area contributed by atoms with Gasteiger partial charge in [-0.15, -0.1) is 0 Å². The lowest BCUT2D eigenvalue weighted by molar-refractivity contribution is -0.147. The van der Waals surface area contributed by atoms with Gasteiger partial charge in [-0.3, -0.25) is 0 Å². The maximum absolute atomic E-state index is 14.0. The Morgan fingerprint density at radius 2 is 2.17 bits per heavy atom. The van der Waals surface area contributed by atoms with E-state index in [0.717, 1.165) is 0 Å². The number of rotatable bonds is 3. The van der Waals surface area contributed by atoms with Crippen LogP contribution in [0.3, 0.4) is 0 Å². The minimum absolute atomic E-state index is 0.102. The van der Waals surface area contributed by atoms with Crippen molar-refractivity contribution in [2.75, 3.05) is 20.3 Å². The maximum atomic E-state index is 14.0. The molecule has 98 valence electrons. The Kier molecular flexibility index (Phi) is 3.24. The number of benzene rings is 1. The second-order valence-electron chi connectivity index (χ2n) is 3.57. The van der Waals surface area contributed by atoms with Crippen molar-refractivity contribution in [1.82, 2.24) is 0 Å². The van der Waals surface area contributed by atoms with Crippen molar-refractivity contribution in [3.63, 3.8) is 0 Å². The van der Waals surface area contributed by atoms with E-state index in [4.69, 9.17) is 19.3 Å². The van der Waals surface area contributed by atoms with Crippen molar-refractivity contribution in [1.29, 1.82) is 0 Å². The van der Waals surface area contributed by atoms with E-state index >= 15 is 0 Å². The molecular weight excluding hydrogens is 247 g/mol.